The lowest BCUT2D eigenvalue weighted by atomic mass is 9.80. The third-order valence-corrected chi connectivity index (χ3v) is 3.28. The van der Waals surface area contributed by atoms with E-state index in [1.807, 2.05) is 38.1 Å². The molecule has 0 fully saturated rings. The summed E-state index contributed by atoms with van der Waals surface area (Å²) in [6.45, 7) is 3.83. The molecule has 0 aliphatic heterocycles. The van der Waals surface area contributed by atoms with Gasteiger partial charge in [-0.2, -0.15) is 0 Å². The molecule has 15 heavy (non-hydrogen) atoms. The summed E-state index contributed by atoms with van der Waals surface area (Å²) in [6.07, 6.45) is 1.31. The molecule has 2 N–H and O–H groups in total. The van der Waals surface area contributed by atoms with E-state index in [-0.39, 0.29) is 5.91 Å². The predicted molar refractivity (Wildman–Crippen MR) is 62.7 cm³/mol. The highest BCUT2D eigenvalue weighted by Gasteiger charge is 2.29. The number of hydrogen-bond donors (Lipinski definition) is 1. The molecule has 82 valence electrons. The number of benzene rings is 1. The number of carbonyl (C=O) groups excluding carboxylic acids is 1. The van der Waals surface area contributed by atoms with Gasteiger partial charge in [0.1, 0.15) is 0 Å². The van der Waals surface area contributed by atoms with E-state index in [9.17, 15) is 4.79 Å². The number of carbonyl (C=O) groups is 1. The van der Waals surface area contributed by atoms with Crippen LogP contribution >= 0.6 is 11.6 Å². The van der Waals surface area contributed by atoms with Crippen LogP contribution in [0, 0.1) is 5.41 Å². The van der Waals surface area contributed by atoms with Gasteiger partial charge in [0.25, 0.3) is 0 Å². The lowest BCUT2D eigenvalue weighted by Gasteiger charge is -2.24. The quantitative estimate of drug-likeness (QED) is 0.842. The fraction of sp³-hybridized carbons (Fsp3) is 0.417. The average molecular weight is 226 g/mol. The third-order valence-electron chi connectivity index (χ3n) is 2.91. The number of hydrogen-bond acceptors (Lipinski definition) is 1. The summed E-state index contributed by atoms with van der Waals surface area (Å²) in [4.78, 5) is 11.3. The molecule has 1 rings (SSSR count). The van der Waals surface area contributed by atoms with E-state index in [0.717, 1.165) is 5.56 Å². The van der Waals surface area contributed by atoms with E-state index in [1.54, 1.807) is 0 Å². The van der Waals surface area contributed by atoms with Crippen LogP contribution in [-0.2, 0) is 11.2 Å². The number of amides is 1. The van der Waals surface area contributed by atoms with E-state index in [0.29, 0.717) is 17.9 Å². The molecule has 0 heterocycles. The standard InChI is InChI=1S/C12H16ClNO/c1-3-12(2,11(14)15)8-9-6-4-5-7-10(9)13/h4-7H,3,8H2,1-2H3,(H2,14,15). The molecule has 0 saturated carbocycles. The largest absolute Gasteiger partial charge is 0.369 e. The predicted octanol–water partition coefficient (Wildman–Crippen LogP) is 2.78. The van der Waals surface area contributed by atoms with Gasteiger partial charge < -0.3 is 5.73 Å². The van der Waals surface area contributed by atoms with Crippen molar-refractivity contribution in [1.29, 1.82) is 0 Å². The zero-order valence-electron chi connectivity index (χ0n) is 9.09. The number of rotatable bonds is 4. The van der Waals surface area contributed by atoms with Crippen LogP contribution in [0.1, 0.15) is 25.8 Å². The van der Waals surface area contributed by atoms with Crippen molar-refractivity contribution in [1.82, 2.24) is 0 Å². The Hall–Kier alpha value is -1.02. The summed E-state index contributed by atoms with van der Waals surface area (Å²) >= 11 is 6.04. The van der Waals surface area contributed by atoms with Gasteiger partial charge in [-0.3, -0.25) is 4.79 Å². The fourth-order valence-corrected chi connectivity index (χ4v) is 1.65. The Morgan fingerprint density at radius 1 is 1.47 bits per heavy atom. The Morgan fingerprint density at radius 2 is 2.07 bits per heavy atom. The Morgan fingerprint density at radius 3 is 2.53 bits per heavy atom. The Labute approximate surface area is 95.4 Å². The first-order valence-electron chi connectivity index (χ1n) is 5.03. The molecule has 0 aliphatic carbocycles. The molecule has 0 aromatic heterocycles. The van der Waals surface area contributed by atoms with E-state index in [2.05, 4.69) is 0 Å². The lowest BCUT2D eigenvalue weighted by Crippen LogP contribution is -2.35. The van der Waals surface area contributed by atoms with Gasteiger partial charge >= 0.3 is 0 Å². The van der Waals surface area contributed by atoms with Crippen molar-refractivity contribution in [3.63, 3.8) is 0 Å². The highest BCUT2D eigenvalue weighted by Crippen LogP contribution is 2.29. The summed E-state index contributed by atoms with van der Waals surface area (Å²) in [6, 6.07) is 7.55. The van der Waals surface area contributed by atoms with Crippen molar-refractivity contribution in [3.8, 4) is 0 Å². The molecule has 1 atom stereocenters. The summed E-state index contributed by atoms with van der Waals surface area (Å²) in [5.41, 5.74) is 5.86. The Kier molecular flexibility index (Phi) is 3.75. The molecule has 0 saturated heterocycles. The van der Waals surface area contributed by atoms with Gasteiger partial charge in [0.15, 0.2) is 0 Å². The van der Waals surface area contributed by atoms with Gasteiger partial charge in [0.2, 0.25) is 5.91 Å². The van der Waals surface area contributed by atoms with Crippen molar-refractivity contribution in [2.24, 2.45) is 11.1 Å². The van der Waals surface area contributed by atoms with Crippen LogP contribution in [-0.4, -0.2) is 5.91 Å². The maximum Gasteiger partial charge on any atom is 0.223 e. The van der Waals surface area contributed by atoms with Gasteiger partial charge in [-0.1, -0.05) is 43.6 Å². The van der Waals surface area contributed by atoms with Crippen molar-refractivity contribution in [3.05, 3.63) is 34.9 Å². The minimum absolute atomic E-state index is 0.273. The van der Waals surface area contributed by atoms with Crippen molar-refractivity contribution in [2.75, 3.05) is 0 Å². The first-order valence-corrected chi connectivity index (χ1v) is 5.40. The van der Waals surface area contributed by atoms with Crippen LogP contribution in [0.5, 0.6) is 0 Å². The highest BCUT2D eigenvalue weighted by atomic mass is 35.5. The van der Waals surface area contributed by atoms with Crippen molar-refractivity contribution >= 4 is 17.5 Å². The van der Waals surface area contributed by atoms with Crippen LogP contribution in [0.25, 0.3) is 0 Å². The SMILES string of the molecule is CCC(C)(Cc1ccccc1Cl)C(N)=O. The molecule has 1 unspecified atom stereocenters. The third kappa shape index (κ3) is 2.72. The normalized spacial score (nSPS) is 14.6. The molecule has 0 bridgehead atoms. The molecule has 1 aromatic rings. The first kappa shape index (κ1) is 12.1. The summed E-state index contributed by atoms with van der Waals surface area (Å²) in [5.74, 6) is -0.273. The second kappa shape index (κ2) is 4.67. The van der Waals surface area contributed by atoms with Gasteiger partial charge in [-0.05, 0) is 24.5 Å². The van der Waals surface area contributed by atoms with Crippen LogP contribution in [0.2, 0.25) is 5.02 Å². The summed E-state index contributed by atoms with van der Waals surface area (Å²) in [5, 5.41) is 0.693. The Bertz CT molecular complexity index is 364. The van der Waals surface area contributed by atoms with E-state index in [1.165, 1.54) is 0 Å². The molecule has 0 aliphatic rings. The van der Waals surface area contributed by atoms with Gasteiger partial charge in [-0.15, -0.1) is 0 Å². The topological polar surface area (TPSA) is 43.1 Å². The minimum atomic E-state index is -0.509. The first-order chi connectivity index (χ1) is 6.99. The zero-order valence-corrected chi connectivity index (χ0v) is 9.84. The zero-order chi connectivity index (χ0) is 11.5. The number of nitrogens with two attached hydrogens (primary N) is 1. The maximum absolute atomic E-state index is 11.3. The molecule has 3 heteroatoms. The molecular weight excluding hydrogens is 210 g/mol. The van der Waals surface area contributed by atoms with Crippen LogP contribution < -0.4 is 5.73 Å². The fourth-order valence-electron chi connectivity index (χ4n) is 1.45. The minimum Gasteiger partial charge on any atom is -0.369 e. The lowest BCUT2D eigenvalue weighted by molar-refractivity contribution is -0.126. The number of primary amides is 1. The Balaban J connectivity index is 2.94. The van der Waals surface area contributed by atoms with Crippen LogP contribution in [0.3, 0.4) is 0 Å². The molecule has 1 aromatic carbocycles. The molecule has 2 nitrogen and oxygen atoms in total. The molecular formula is C12H16ClNO. The molecule has 0 radical (unpaired) electrons. The van der Waals surface area contributed by atoms with E-state index >= 15 is 0 Å². The summed E-state index contributed by atoms with van der Waals surface area (Å²) < 4.78 is 0. The smallest absolute Gasteiger partial charge is 0.223 e. The highest BCUT2D eigenvalue weighted by molar-refractivity contribution is 6.31. The summed E-state index contributed by atoms with van der Waals surface area (Å²) in [7, 11) is 0. The second-order valence-corrected chi connectivity index (χ2v) is 4.45. The second-order valence-electron chi connectivity index (χ2n) is 4.05. The maximum atomic E-state index is 11.3. The van der Waals surface area contributed by atoms with Crippen LogP contribution in [0.15, 0.2) is 24.3 Å². The van der Waals surface area contributed by atoms with E-state index in [4.69, 9.17) is 17.3 Å². The van der Waals surface area contributed by atoms with E-state index < -0.39 is 5.41 Å². The van der Waals surface area contributed by atoms with Gasteiger partial charge in [-0.25, -0.2) is 0 Å². The van der Waals surface area contributed by atoms with Gasteiger partial charge in [0.05, 0.1) is 0 Å². The van der Waals surface area contributed by atoms with Crippen LogP contribution in [0.4, 0.5) is 0 Å². The monoisotopic (exact) mass is 225 g/mol. The number of halogens is 1. The van der Waals surface area contributed by atoms with Crippen molar-refractivity contribution in [2.45, 2.75) is 26.7 Å². The van der Waals surface area contributed by atoms with Gasteiger partial charge in [0, 0.05) is 10.4 Å². The molecule has 1 amide bonds. The average Bonchev–Trinajstić information content (AvgIpc) is 2.21. The molecule has 0 spiro atoms. The van der Waals surface area contributed by atoms with Crippen molar-refractivity contribution < 1.29 is 4.79 Å².